The molecule has 0 radical (unpaired) electrons. The Kier molecular flexibility index (Phi) is 12.2. The molecule has 0 spiro atoms. The van der Waals surface area contributed by atoms with Crippen molar-refractivity contribution in [2.24, 2.45) is 0 Å². The van der Waals surface area contributed by atoms with Crippen molar-refractivity contribution < 1.29 is 22.4 Å². The number of unbranched alkanes of at least 4 members (excludes halogenated alkanes) is 1. The Balaban J connectivity index is 2.11. The maximum Gasteiger partial charge on any atom is 0.304 e. The fraction of sp³-hybridized carbons (Fsp3) is 0.333. The van der Waals surface area contributed by atoms with Gasteiger partial charge in [-0.3, -0.25) is 9.59 Å². The second-order valence-corrected chi connectivity index (χ2v) is 12.7. The van der Waals surface area contributed by atoms with Crippen molar-refractivity contribution >= 4 is 50.9 Å². The predicted molar refractivity (Wildman–Crippen MR) is 165 cm³/mol. The Morgan fingerprint density at radius 3 is 2.12 bits per heavy atom. The highest BCUT2D eigenvalue weighted by molar-refractivity contribution is 7.90. The van der Waals surface area contributed by atoms with E-state index in [0.717, 1.165) is 39.1 Å². The van der Waals surface area contributed by atoms with Crippen LogP contribution in [0.3, 0.4) is 0 Å². The molecule has 3 aromatic carbocycles. The van der Waals surface area contributed by atoms with Gasteiger partial charge in [-0.15, -0.1) is 0 Å². The molecular weight excluding hydrogens is 602 g/mol. The molecule has 0 bridgehead atoms. The van der Waals surface area contributed by atoms with Gasteiger partial charge >= 0.3 is 10.2 Å². The van der Waals surface area contributed by atoms with Gasteiger partial charge in [-0.25, -0.2) is 8.70 Å². The Labute approximate surface area is 257 Å². The lowest BCUT2D eigenvalue weighted by Gasteiger charge is -2.34. The Hall–Kier alpha value is -3.18. The van der Waals surface area contributed by atoms with Crippen LogP contribution in [0, 0.1) is 5.82 Å². The highest BCUT2D eigenvalue weighted by atomic mass is 35.5. The molecule has 0 saturated carbocycles. The van der Waals surface area contributed by atoms with E-state index in [1.54, 1.807) is 18.2 Å². The van der Waals surface area contributed by atoms with E-state index in [2.05, 4.69) is 5.32 Å². The third-order valence-corrected chi connectivity index (χ3v) is 9.15. The average Bonchev–Trinajstić information content (AvgIpc) is 2.96. The van der Waals surface area contributed by atoms with Crippen molar-refractivity contribution in [2.75, 3.05) is 31.5 Å². The molecule has 0 aliphatic carbocycles. The second-order valence-electron chi connectivity index (χ2n) is 9.85. The van der Waals surface area contributed by atoms with E-state index in [4.69, 9.17) is 23.2 Å². The quantitative estimate of drug-likeness (QED) is 0.243. The minimum Gasteiger partial charge on any atom is -0.354 e. The molecule has 12 heteroatoms. The van der Waals surface area contributed by atoms with Crippen molar-refractivity contribution in [3.05, 3.63) is 99.8 Å². The molecule has 1 N–H and O–H groups in total. The van der Waals surface area contributed by atoms with Crippen LogP contribution in [0.4, 0.5) is 10.1 Å². The van der Waals surface area contributed by atoms with Gasteiger partial charge in [-0.1, -0.05) is 72.9 Å². The molecule has 226 valence electrons. The molecule has 0 saturated heterocycles. The summed E-state index contributed by atoms with van der Waals surface area (Å²) in [5, 5.41) is 3.50. The SMILES string of the molecule is CCCCNC(=O)[C@H](Cc1ccccc1)N(Cc1c(Cl)cccc1Cl)C(=O)CN(c1ccc(F)cc1)S(=O)(=O)N(C)C. The molecule has 0 aromatic heterocycles. The molecule has 3 aromatic rings. The number of anilines is 1. The monoisotopic (exact) mass is 636 g/mol. The minimum absolute atomic E-state index is 0.0844. The number of benzene rings is 3. The van der Waals surface area contributed by atoms with E-state index in [-0.39, 0.29) is 18.7 Å². The van der Waals surface area contributed by atoms with Crippen LogP contribution in [-0.4, -0.2) is 62.7 Å². The summed E-state index contributed by atoms with van der Waals surface area (Å²) in [5.41, 5.74) is 1.30. The molecule has 0 heterocycles. The summed E-state index contributed by atoms with van der Waals surface area (Å²) in [4.78, 5) is 29.2. The predicted octanol–water partition coefficient (Wildman–Crippen LogP) is 5.30. The molecule has 0 aliphatic rings. The average molecular weight is 638 g/mol. The van der Waals surface area contributed by atoms with Crippen LogP contribution >= 0.6 is 23.2 Å². The van der Waals surface area contributed by atoms with Crippen LogP contribution in [-0.2, 0) is 32.8 Å². The molecule has 2 amide bonds. The fourth-order valence-corrected chi connectivity index (χ4v) is 5.81. The first-order valence-corrected chi connectivity index (χ1v) is 15.6. The third kappa shape index (κ3) is 8.67. The maximum absolute atomic E-state index is 14.2. The van der Waals surface area contributed by atoms with Crippen LogP contribution in [0.2, 0.25) is 10.0 Å². The van der Waals surface area contributed by atoms with Crippen molar-refractivity contribution in [3.8, 4) is 0 Å². The summed E-state index contributed by atoms with van der Waals surface area (Å²) >= 11 is 13.0. The summed E-state index contributed by atoms with van der Waals surface area (Å²) in [6, 6.07) is 17.9. The van der Waals surface area contributed by atoms with Gasteiger partial charge in [0.05, 0.1) is 5.69 Å². The van der Waals surface area contributed by atoms with Crippen molar-refractivity contribution in [2.45, 2.75) is 38.8 Å². The zero-order chi connectivity index (χ0) is 30.9. The standard InChI is InChI=1S/C30H35Cl2FN4O4S/c1-4-5-18-34-30(39)28(19-22-10-7-6-8-11-22)36(20-25-26(31)12-9-13-27(25)32)29(38)21-37(42(40,41)35(2)3)24-16-14-23(33)15-17-24/h6-17,28H,4-5,18-21H2,1-3H3,(H,34,39)/t28-/m0/s1. The van der Waals surface area contributed by atoms with Gasteiger partial charge in [0.25, 0.3) is 0 Å². The first-order valence-electron chi connectivity index (χ1n) is 13.5. The van der Waals surface area contributed by atoms with Gasteiger partial charge < -0.3 is 10.2 Å². The largest absolute Gasteiger partial charge is 0.354 e. The highest BCUT2D eigenvalue weighted by Crippen LogP contribution is 2.28. The normalized spacial score (nSPS) is 12.2. The van der Waals surface area contributed by atoms with Gasteiger partial charge in [0.2, 0.25) is 11.8 Å². The van der Waals surface area contributed by atoms with Crippen molar-refractivity contribution in [1.82, 2.24) is 14.5 Å². The van der Waals surface area contributed by atoms with Crippen molar-refractivity contribution in [1.29, 1.82) is 0 Å². The molecule has 8 nitrogen and oxygen atoms in total. The van der Waals surface area contributed by atoms with Crippen LogP contribution in [0.1, 0.15) is 30.9 Å². The molecule has 0 unspecified atom stereocenters. The number of amides is 2. The van der Waals surface area contributed by atoms with E-state index < -0.39 is 40.4 Å². The van der Waals surface area contributed by atoms with E-state index in [1.807, 2.05) is 37.3 Å². The molecule has 42 heavy (non-hydrogen) atoms. The van der Waals surface area contributed by atoms with E-state index in [9.17, 15) is 22.4 Å². The zero-order valence-electron chi connectivity index (χ0n) is 23.8. The topological polar surface area (TPSA) is 90.0 Å². The van der Waals surface area contributed by atoms with Gasteiger partial charge in [-0.2, -0.15) is 12.7 Å². The van der Waals surface area contributed by atoms with E-state index in [0.29, 0.717) is 22.2 Å². The summed E-state index contributed by atoms with van der Waals surface area (Å²) in [7, 11) is -1.54. The lowest BCUT2D eigenvalue weighted by Crippen LogP contribution is -2.54. The maximum atomic E-state index is 14.2. The molecule has 3 rings (SSSR count). The molecule has 0 fully saturated rings. The third-order valence-electron chi connectivity index (χ3n) is 6.62. The number of halogens is 3. The second kappa shape index (κ2) is 15.3. The van der Waals surface area contributed by atoms with E-state index >= 15 is 0 Å². The number of hydrogen-bond donors (Lipinski definition) is 1. The summed E-state index contributed by atoms with van der Waals surface area (Å²) < 4.78 is 42.3. The van der Waals surface area contributed by atoms with Crippen LogP contribution in [0.5, 0.6) is 0 Å². The van der Waals surface area contributed by atoms with Crippen molar-refractivity contribution in [3.63, 3.8) is 0 Å². The first kappa shape index (κ1) is 33.3. The zero-order valence-corrected chi connectivity index (χ0v) is 26.1. The van der Waals surface area contributed by atoms with Gasteiger partial charge in [0.15, 0.2) is 0 Å². The first-order chi connectivity index (χ1) is 19.9. The van der Waals surface area contributed by atoms with Gasteiger partial charge in [0.1, 0.15) is 18.4 Å². The lowest BCUT2D eigenvalue weighted by molar-refractivity contribution is -0.140. The lowest BCUT2D eigenvalue weighted by atomic mass is 10.0. The number of rotatable bonds is 14. The van der Waals surface area contributed by atoms with E-state index in [1.165, 1.54) is 31.1 Å². The van der Waals surface area contributed by atoms with Crippen LogP contribution in [0.15, 0.2) is 72.8 Å². The summed E-state index contributed by atoms with van der Waals surface area (Å²) in [5.74, 6) is -1.63. The number of carbonyl (C=O) groups excluding carboxylic acids is 2. The fourth-order valence-electron chi connectivity index (χ4n) is 4.24. The Bertz CT molecular complexity index is 1440. The Morgan fingerprint density at radius 1 is 0.929 bits per heavy atom. The summed E-state index contributed by atoms with van der Waals surface area (Å²) in [6.45, 7) is 1.58. The highest BCUT2D eigenvalue weighted by Gasteiger charge is 2.35. The molecular formula is C30H35Cl2FN4O4S. The number of nitrogens with one attached hydrogen (secondary N) is 1. The molecule has 0 aliphatic heterocycles. The number of nitrogens with zero attached hydrogens (tertiary/aromatic N) is 3. The van der Waals surface area contributed by atoms with Gasteiger partial charge in [-0.05, 0) is 48.4 Å². The summed E-state index contributed by atoms with van der Waals surface area (Å²) in [6.07, 6.45) is 1.76. The molecule has 1 atom stereocenters. The number of hydrogen-bond acceptors (Lipinski definition) is 4. The Morgan fingerprint density at radius 2 is 1.55 bits per heavy atom. The van der Waals surface area contributed by atoms with Gasteiger partial charge in [0, 0.05) is 49.2 Å². The van der Waals surface area contributed by atoms with Crippen LogP contribution in [0.25, 0.3) is 0 Å². The number of carbonyl (C=O) groups is 2. The smallest absolute Gasteiger partial charge is 0.304 e. The minimum atomic E-state index is -4.20. The van der Waals surface area contributed by atoms with Crippen LogP contribution < -0.4 is 9.62 Å².